The molecule has 96 valence electrons. The summed E-state index contributed by atoms with van der Waals surface area (Å²) in [6.07, 6.45) is -0.154. The van der Waals surface area contributed by atoms with Gasteiger partial charge in [0.2, 0.25) is 0 Å². The van der Waals surface area contributed by atoms with Gasteiger partial charge in [-0.2, -0.15) is 0 Å². The van der Waals surface area contributed by atoms with E-state index in [1.54, 1.807) is 0 Å². The van der Waals surface area contributed by atoms with Crippen molar-refractivity contribution in [3.05, 3.63) is 39.4 Å². The van der Waals surface area contributed by atoms with Crippen LogP contribution < -0.4 is 0 Å². The average molecular weight is 253 g/mol. The first-order valence-electron chi connectivity index (χ1n) is 4.92. The van der Waals surface area contributed by atoms with Crippen molar-refractivity contribution in [3.63, 3.8) is 0 Å². The van der Waals surface area contributed by atoms with Crippen LogP contribution in [0.1, 0.15) is 15.9 Å². The first-order valence-corrected chi connectivity index (χ1v) is 4.92. The lowest BCUT2D eigenvalue weighted by Crippen LogP contribution is -2.11. The maximum absolute atomic E-state index is 11.5. The van der Waals surface area contributed by atoms with Crippen LogP contribution in [0.25, 0.3) is 0 Å². The summed E-state index contributed by atoms with van der Waals surface area (Å²) in [6.45, 7) is 0. The quantitative estimate of drug-likeness (QED) is 0.453. The highest BCUT2D eigenvalue weighted by atomic mass is 16.6. The molecular weight excluding hydrogens is 242 g/mol. The predicted molar refractivity (Wildman–Crippen MR) is 60.2 cm³/mol. The minimum atomic E-state index is -0.738. The molecule has 7 heteroatoms. The van der Waals surface area contributed by atoms with E-state index in [9.17, 15) is 19.7 Å². The van der Waals surface area contributed by atoms with Crippen molar-refractivity contribution in [3.8, 4) is 0 Å². The zero-order valence-corrected chi connectivity index (χ0v) is 9.84. The zero-order valence-electron chi connectivity index (χ0n) is 9.84. The molecule has 0 heterocycles. The third kappa shape index (κ3) is 3.03. The summed E-state index contributed by atoms with van der Waals surface area (Å²) < 4.78 is 8.99. The molecule has 0 bridgehead atoms. The van der Waals surface area contributed by atoms with Crippen molar-refractivity contribution in [2.45, 2.75) is 6.42 Å². The molecule has 0 amide bonds. The first-order chi connectivity index (χ1) is 8.49. The van der Waals surface area contributed by atoms with Gasteiger partial charge < -0.3 is 9.47 Å². The Hall–Kier alpha value is -2.44. The molecule has 18 heavy (non-hydrogen) atoms. The molecule has 0 saturated carbocycles. The van der Waals surface area contributed by atoms with Gasteiger partial charge in [0, 0.05) is 12.1 Å². The van der Waals surface area contributed by atoms with Gasteiger partial charge in [-0.05, 0) is 5.56 Å². The Kier molecular flexibility index (Phi) is 4.36. The minimum Gasteiger partial charge on any atom is -0.469 e. The Morgan fingerprint density at radius 2 is 1.94 bits per heavy atom. The summed E-state index contributed by atoms with van der Waals surface area (Å²) in [6, 6.07) is 3.62. The topological polar surface area (TPSA) is 95.7 Å². The molecule has 0 aromatic heterocycles. The van der Waals surface area contributed by atoms with Crippen molar-refractivity contribution in [2.24, 2.45) is 0 Å². The second kappa shape index (κ2) is 5.76. The van der Waals surface area contributed by atoms with Crippen LogP contribution in [0.5, 0.6) is 0 Å². The number of methoxy groups -OCH3 is 2. The molecule has 1 aromatic carbocycles. The van der Waals surface area contributed by atoms with Crippen LogP contribution in [-0.2, 0) is 20.7 Å². The molecule has 0 unspecified atom stereocenters. The van der Waals surface area contributed by atoms with Gasteiger partial charge in [0.1, 0.15) is 0 Å². The Morgan fingerprint density at radius 1 is 1.28 bits per heavy atom. The van der Waals surface area contributed by atoms with Gasteiger partial charge in [-0.15, -0.1) is 0 Å². The molecule has 0 N–H and O–H groups in total. The van der Waals surface area contributed by atoms with Crippen LogP contribution in [-0.4, -0.2) is 31.1 Å². The van der Waals surface area contributed by atoms with Crippen LogP contribution in [0, 0.1) is 10.1 Å². The summed E-state index contributed by atoms with van der Waals surface area (Å²) in [5.74, 6) is -1.29. The highest BCUT2D eigenvalue weighted by Crippen LogP contribution is 2.19. The van der Waals surface area contributed by atoms with Gasteiger partial charge in [-0.25, -0.2) is 4.79 Å². The monoisotopic (exact) mass is 253 g/mol. The molecule has 0 fully saturated rings. The molecular formula is C11H11NO6. The smallest absolute Gasteiger partial charge is 0.338 e. The fraction of sp³-hybridized carbons (Fsp3) is 0.273. The van der Waals surface area contributed by atoms with Crippen molar-refractivity contribution in [2.75, 3.05) is 14.2 Å². The molecule has 0 radical (unpaired) electrons. The van der Waals surface area contributed by atoms with E-state index in [4.69, 9.17) is 0 Å². The van der Waals surface area contributed by atoms with Crippen molar-refractivity contribution < 1.29 is 24.0 Å². The second-order valence-electron chi connectivity index (χ2n) is 3.34. The fourth-order valence-electron chi connectivity index (χ4n) is 1.36. The Balaban J connectivity index is 3.20. The van der Waals surface area contributed by atoms with Crippen LogP contribution >= 0.6 is 0 Å². The summed E-state index contributed by atoms with van der Waals surface area (Å²) in [7, 11) is 2.37. The lowest BCUT2D eigenvalue weighted by Gasteiger charge is -2.06. The number of carbonyl (C=O) groups excluding carboxylic acids is 2. The zero-order chi connectivity index (χ0) is 13.7. The summed E-state index contributed by atoms with van der Waals surface area (Å²) in [5.41, 5.74) is 0.0559. The summed E-state index contributed by atoms with van der Waals surface area (Å²) in [4.78, 5) is 32.6. The maximum Gasteiger partial charge on any atom is 0.338 e. The molecule has 1 rings (SSSR count). The Bertz CT molecular complexity index is 496. The van der Waals surface area contributed by atoms with Crippen molar-refractivity contribution in [1.82, 2.24) is 0 Å². The van der Waals surface area contributed by atoms with E-state index in [1.165, 1.54) is 19.2 Å². The first kappa shape index (κ1) is 13.6. The van der Waals surface area contributed by atoms with Gasteiger partial charge >= 0.3 is 11.9 Å². The van der Waals surface area contributed by atoms with E-state index in [1.807, 2.05) is 0 Å². The largest absolute Gasteiger partial charge is 0.469 e. The molecule has 0 spiro atoms. The normalized spacial score (nSPS) is 9.67. The molecule has 0 atom stereocenters. The Labute approximate surface area is 102 Å². The lowest BCUT2D eigenvalue weighted by atomic mass is 10.0. The number of nitro groups is 1. The molecule has 7 nitrogen and oxygen atoms in total. The van der Waals surface area contributed by atoms with E-state index in [0.717, 1.165) is 13.2 Å². The number of esters is 2. The Morgan fingerprint density at radius 3 is 2.44 bits per heavy atom. The van der Waals surface area contributed by atoms with Gasteiger partial charge in [0.25, 0.3) is 5.69 Å². The predicted octanol–water partition coefficient (Wildman–Crippen LogP) is 1.10. The van der Waals surface area contributed by atoms with Crippen LogP contribution in [0.3, 0.4) is 0 Å². The number of rotatable bonds is 4. The molecule has 1 aromatic rings. The SMILES string of the molecule is COC(=O)Cc1ccc([N+](=O)[O-])cc1C(=O)OC. The van der Waals surface area contributed by atoms with E-state index in [0.29, 0.717) is 5.56 Å². The van der Waals surface area contributed by atoms with E-state index >= 15 is 0 Å². The van der Waals surface area contributed by atoms with Crippen molar-refractivity contribution in [1.29, 1.82) is 0 Å². The van der Waals surface area contributed by atoms with Crippen LogP contribution in [0.4, 0.5) is 5.69 Å². The summed E-state index contributed by atoms with van der Waals surface area (Å²) >= 11 is 0. The number of ether oxygens (including phenoxy) is 2. The fourth-order valence-corrected chi connectivity index (χ4v) is 1.36. The van der Waals surface area contributed by atoms with Crippen LogP contribution in [0.15, 0.2) is 18.2 Å². The lowest BCUT2D eigenvalue weighted by molar-refractivity contribution is -0.384. The molecule has 0 aliphatic rings. The number of carbonyl (C=O) groups is 2. The van der Waals surface area contributed by atoms with Gasteiger partial charge in [0.15, 0.2) is 0 Å². The van der Waals surface area contributed by atoms with E-state index < -0.39 is 16.9 Å². The minimum absolute atomic E-state index is 0.0166. The molecule has 0 aliphatic heterocycles. The maximum atomic E-state index is 11.5. The number of nitro benzene ring substituents is 1. The number of hydrogen-bond donors (Lipinski definition) is 0. The van der Waals surface area contributed by atoms with Gasteiger partial charge in [0.05, 0.1) is 31.1 Å². The number of non-ortho nitro benzene ring substituents is 1. The second-order valence-corrected chi connectivity index (χ2v) is 3.34. The van der Waals surface area contributed by atoms with Crippen LogP contribution in [0.2, 0.25) is 0 Å². The third-order valence-electron chi connectivity index (χ3n) is 2.27. The number of hydrogen-bond acceptors (Lipinski definition) is 6. The average Bonchev–Trinajstić information content (AvgIpc) is 2.37. The highest BCUT2D eigenvalue weighted by molar-refractivity contribution is 5.93. The third-order valence-corrected chi connectivity index (χ3v) is 2.27. The molecule has 0 saturated heterocycles. The van der Waals surface area contributed by atoms with Gasteiger partial charge in [-0.3, -0.25) is 14.9 Å². The summed E-state index contributed by atoms with van der Waals surface area (Å²) in [5, 5.41) is 10.6. The molecule has 0 aliphatic carbocycles. The van der Waals surface area contributed by atoms with Crippen molar-refractivity contribution >= 4 is 17.6 Å². The number of benzene rings is 1. The van der Waals surface area contributed by atoms with Gasteiger partial charge in [-0.1, -0.05) is 6.07 Å². The van der Waals surface area contributed by atoms with E-state index in [-0.39, 0.29) is 17.7 Å². The number of nitrogens with zero attached hydrogens (tertiary/aromatic N) is 1. The van der Waals surface area contributed by atoms with E-state index in [2.05, 4.69) is 9.47 Å². The highest BCUT2D eigenvalue weighted by Gasteiger charge is 2.19. The standard InChI is InChI=1S/C11H11NO6/c1-17-10(13)5-7-3-4-8(12(15)16)6-9(7)11(14)18-2/h3-4,6H,5H2,1-2H3.